The van der Waals surface area contributed by atoms with Gasteiger partial charge in [0.1, 0.15) is 0 Å². The molecule has 5 nitrogen and oxygen atoms in total. The second kappa shape index (κ2) is 5.67. The van der Waals surface area contributed by atoms with Crippen molar-refractivity contribution in [1.29, 1.82) is 0 Å². The molecule has 2 aliphatic heterocycles. The van der Waals surface area contributed by atoms with E-state index in [1.54, 1.807) is 0 Å². The summed E-state index contributed by atoms with van der Waals surface area (Å²) >= 11 is 0. The van der Waals surface area contributed by atoms with Crippen LogP contribution in [0.1, 0.15) is 24.4 Å². The average Bonchev–Trinajstić information content (AvgIpc) is 3.05. The van der Waals surface area contributed by atoms with Crippen LogP contribution < -0.4 is 15.2 Å². The maximum Gasteiger partial charge on any atom is 0.236 e. The molecule has 6 heteroatoms. The van der Waals surface area contributed by atoms with Crippen LogP contribution in [0.25, 0.3) is 0 Å². The fraction of sp³-hybridized carbons (Fsp3) is 0.462. The highest BCUT2D eigenvalue weighted by Gasteiger charge is 2.30. The summed E-state index contributed by atoms with van der Waals surface area (Å²) in [5, 5.41) is 0. The third-order valence-electron chi connectivity index (χ3n) is 3.53. The molecule has 1 aromatic rings. The molecule has 0 aromatic heterocycles. The zero-order chi connectivity index (χ0) is 12.5. The van der Waals surface area contributed by atoms with Gasteiger partial charge in [0, 0.05) is 6.54 Å². The number of hydrogen-bond acceptors (Lipinski definition) is 4. The highest BCUT2D eigenvalue weighted by molar-refractivity contribution is 5.85. The minimum Gasteiger partial charge on any atom is -0.454 e. The highest BCUT2D eigenvalue weighted by atomic mass is 35.5. The third-order valence-corrected chi connectivity index (χ3v) is 3.53. The first-order chi connectivity index (χ1) is 8.79. The Kier molecular flexibility index (Phi) is 4.17. The van der Waals surface area contributed by atoms with Gasteiger partial charge in [0.05, 0.1) is 12.6 Å². The van der Waals surface area contributed by atoms with Gasteiger partial charge in [-0.1, -0.05) is 6.07 Å². The largest absolute Gasteiger partial charge is 0.454 e. The molecule has 19 heavy (non-hydrogen) atoms. The number of ether oxygens (including phenoxy) is 2. The van der Waals surface area contributed by atoms with Crippen molar-refractivity contribution < 1.29 is 14.3 Å². The molecule has 104 valence electrons. The molecule has 1 atom stereocenters. The Morgan fingerprint density at radius 1 is 1.37 bits per heavy atom. The molecule has 1 unspecified atom stereocenters. The lowest BCUT2D eigenvalue weighted by atomic mass is 10.0. The lowest BCUT2D eigenvalue weighted by molar-refractivity contribution is -0.130. The van der Waals surface area contributed by atoms with Gasteiger partial charge in [-0.25, -0.2) is 0 Å². The van der Waals surface area contributed by atoms with Crippen LogP contribution in [-0.2, 0) is 4.79 Å². The Labute approximate surface area is 118 Å². The summed E-state index contributed by atoms with van der Waals surface area (Å²) in [5.74, 6) is 1.54. The van der Waals surface area contributed by atoms with Gasteiger partial charge in [0.15, 0.2) is 11.5 Å². The van der Waals surface area contributed by atoms with E-state index in [1.807, 2.05) is 23.1 Å². The number of carbonyl (C=O) groups is 1. The van der Waals surface area contributed by atoms with E-state index in [-0.39, 0.29) is 37.7 Å². The van der Waals surface area contributed by atoms with Crippen molar-refractivity contribution in [3.05, 3.63) is 23.8 Å². The summed E-state index contributed by atoms with van der Waals surface area (Å²) < 4.78 is 10.7. The van der Waals surface area contributed by atoms with E-state index in [2.05, 4.69) is 0 Å². The normalized spacial score (nSPS) is 20.3. The zero-order valence-corrected chi connectivity index (χ0v) is 11.3. The fourth-order valence-corrected chi connectivity index (χ4v) is 2.65. The molecule has 3 rings (SSSR count). The summed E-state index contributed by atoms with van der Waals surface area (Å²) in [7, 11) is 0. The number of nitrogens with two attached hydrogens (primary N) is 1. The summed E-state index contributed by atoms with van der Waals surface area (Å²) in [5.41, 5.74) is 6.54. The number of rotatable bonds is 2. The first kappa shape index (κ1) is 14.0. The van der Waals surface area contributed by atoms with Gasteiger partial charge in [-0.15, -0.1) is 12.4 Å². The second-order valence-electron chi connectivity index (χ2n) is 4.56. The van der Waals surface area contributed by atoms with Crippen LogP contribution in [-0.4, -0.2) is 30.7 Å². The minimum atomic E-state index is 0. The molecule has 0 saturated carbocycles. The standard InChI is InChI=1S/C13H16N2O3.ClH/c14-7-13(16)15-5-1-2-10(15)9-3-4-11-12(6-9)18-8-17-11;/h3-4,6,10H,1-2,5,7-8,14H2;1H. The number of nitrogens with zero attached hydrogens (tertiary/aromatic N) is 1. The Balaban J connectivity index is 0.00000133. The smallest absolute Gasteiger partial charge is 0.236 e. The molecule has 0 spiro atoms. The molecule has 2 aliphatic rings. The van der Waals surface area contributed by atoms with Crippen LogP contribution >= 0.6 is 12.4 Å². The molecule has 0 radical (unpaired) electrons. The molecule has 1 aromatic carbocycles. The lowest BCUT2D eigenvalue weighted by Gasteiger charge is -2.24. The summed E-state index contributed by atoms with van der Waals surface area (Å²) in [6.07, 6.45) is 2.00. The molecule has 0 bridgehead atoms. The minimum absolute atomic E-state index is 0. The Hall–Kier alpha value is -1.46. The van der Waals surface area contributed by atoms with Crippen LogP contribution in [0.4, 0.5) is 0 Å². The zero-order valence-electron chi connectivity index (χ0n) is 10.5. The first-order valence-electron chi connectivity index (χ1n) is 6.18. The van der Waals surface area contributed by atoms with E-state index in [9.17, 15) is 4.79 Å². The Bertz CT molecular complexity index is 481. The number of fused-ring (bicyclic) bond motifs is 1. The van der Waals surface area contributed by atoms with Crippen LogP contribution in [0.15, 0.2) is 18.2 Å². The van der Waals surface area contributed by atoms with Crippen molar-refractivity contribution >= 4 is 18.3 Å². The fourth-order valence-electron chi connectivity index (χ4n) is 2.65. The number of likely N-dealkylation sites (tertiary alicyclic amines) is 1. The maximum atomic E-state index is 11.8. The number of hydrogen-bond donors (Lipinski definition) is 1. The van der Waals surface area contributed by atoms with E-state index >= 15 is 0 Å². The van der Waals surface area contributed by atoms with Crippen molar-refractivity contribution in [2.75, 3.05) is 19.9 Å². The summed E-state index contributed by atoms with van der Waals surface area (Å²) in [6.45, 7) is 1.13. The average molecular weight is 285 g/mol. The van der Waals surface area contributed by atoms with Gasteiger partial charge in [-0.3, -0.25) is 4.79 Å². The number of carbonyl (C=O) groups excluding carboxylic acids is 1. The van der Waals surface area contributed by atoms with Gasteiger partial charge >= 0.3 is 0 Å². The second-order valence-corrected chi connectivity index (χ2v) is 4.56. The Morgan fingerprint density at radius 2 is 2.16 bits per heavy atom. The van der Waals surface area contributed by atoms with Crippen LogP contribution in [0, 0.1) is 0 Å². The van der Waals surface area contributed by atoms with E-state index in [4.69, 9.17) is 15.2 Å². The van der Waals surface area contributed by atoms with Crippen molar-refractivity contribution in [1.82, 2.24) is 4.90 Å². The van der Waals surface area contributed by atoms with Gasteiger partial charge in [0.25, 0.3) is 0 Å². The molecular weight excluding hydrogens is 268 g/mol. The van der Waals surface area contributed by atoms with Gasteiger partial charge in [-0.05, 0) is 30.5 Å². The topological polar surface area (TPSA) is 64.8 Å². The molecule has 1 saturated heterocycles. The molecule has 2 N–H and O–H groups in total. The predicted molar refractivity (Wildman–Crippen MR) is 72.6 cm³/mol. The van der Waals surface area contributed by atoms with Crippen molar-refractivity contribution in [3.8, 4) is 11.5 Å². The maximum absolute atomic E-state index is 11.8. The predicted octanol–water partition coefficient (Wildman–Crippen LogP) is 1.46. The van der Waals surface area contributed by atoms with Gasteiger partial charge in [-0.2, -0.15) is 0 Å². The quantitative estimate of drug-likeness (QED) is 0.893. The van der Waals surface area contributed by atoms with Crippen molar-refractivity contribution in [3.63, 3.8) is 0 Å². The highest BCUT2D eigenvalue weighted by Crippen LogP contribution is 2.38. The number of halogens is 1. The summed E-state index contributed by atoms with van der Waals surface area (Å²) in [6, 6.07) is 5.99. The van der Waals surface area contributed by atoms with Crippen molar-refractivity contribution in [2.45, 2.75) is 18.9 Å². The van der Waals surface area contributed by atoms with Crippen molar-refractivity contribution in [2.24, 2.45) is 5.73 Å². The summed E-state index contributed by atoms with van der Waals surface area (Å²) in [4.78, 5) is 13.6. The van der Waals surface area contributed by atoms with Crippen LogP contribution in [0.5, 0.6) is 11.5 Å². The molecular formula is C13H17ClN2O3. The third kappa shape index (κ3) is 2.48. The molecule has 0 aliphatic carbocycles. The van der Waals surface area contributed by atoms with E-state index in [1.165, 1.54) is 0 Å². The SMILES string of the molecule is Cl.NCC(=O)N1CCCC1c1ccc2c(c1)OCO2. The Morgan fingerprint density at radius 3 is 2.95 bits per heavy atom. The number of amides is 1. The van der Waals surface area contributed by atoms with E-state index in [0.29, 0.717) is 0 Å². The monoisotopic (exact) mass is 284 g/mol. The van der Waals surface area contributed by atoms with Crippen LogP contribution in [0.2, 0.25) is 0 Å². The van der Waals surface area contributed by atoms with Gasteiger partial charge in [0.2, 0.25) is 12.7 Å². The first-order valence-corrected chi connectivity index (χ1v) is 6.18. The van der Waals surface area contributed by atoms with E-state index in [0.717, 1.165) is 36.4 Å². The van der Waals surface area contributed by atoms with E-state index < -0.39 is 0 Å². The lowest BCUT2D eigenvalue weighted by Crippen LogP contribution is -2.35. The molecule has 1 amide bonds. The molecule has 2 heterocycles. The molecule has 1 fully saturated rings. The van der Waals surface area contributed by atoms with Gasteiger partial charge < -0.3 is 20.1 Å². The number of benzene rings is 1. The van der Waals surface area contributed by atoms with Crippen LogP contribution in [0.3, 0.4) is 0 Å².